The summed E-state index contributed by atoms with van der Waals surface area (Å²) in [7, 11) is 2.31. The van der Waals surface area contributed by atoms with Gasteiger partial charge in [-0.1, -0.05) is 0 Å². The molecule has 0 N–H and O–H groups in total. The Bertz CT molecular complexity index is 66.7. The third-order valence-corrected chi connectivity index (χ3v) is 2.17. The number of hydrogen-bond donors (Lipinski definition) is 0. The largest absolute Gasteiger partial charge is 0.357 e. The van der Waals surface area contributed by atoms with E-state index in [1.807, 2.05) is 6.92 Å². The molecule has 0 unspecified atom stereocenters. The highest BCUT2D eigenvalue weighted by Gasteiger charge is 2.05. The SMILES string of the molecule is CCOO[SiH2]C(OC)OC. The predicted molar refractivity (Wildman–Crippen MR) is 39.1 cm³/mol. The van der Waals surface area contributed by atoms with Gasteiger partial charge in [0.15, 0.2) is 5.91 Å². The summed E-state index contributed by atoms with van der Waals surface area (Å²) in [6.45, 7) is 2.43. The summed E-state index contributed by atoms with van der Waals surface area (Å²) in [6, 6.07) is 0. The van der Waals surface area contributed by atoms with Crippen molar-refractivity contribution in [1.82, 2.24) is 0 Å². The molecule has 0 saturated carbocycles. The monoisotopic (exact) mass is 166 g/mol. The number of ether oxygens (including phenoxy) is 2. The Morgan fingerprint density at radius 2 is 1.90 bits per heavy atom. The molecule has 0 atom stereocenters. The van der Waals surface area contributed by atoms with Crippen LogP contribution in [0.15, 0.2) is 0 Å². The van der Waals surface area contributed by atoms with Gasteiger partial charge in [-0.05, 0) is 6.92 Å². The van der Waals surface area contributed by atoms with Crippen LogP contribution in [0.5, 0.6) is 0 Å². The van der Waals surface area contributed by atoms with Gasteiger partial charge in [0.1, 0.15) is 0 Å². The van der Waals surface area contributed by atoms with Gasteiger partial charge in [0.05, 0.1) is 6.61 Å². The maximum atomic E-state index is 4.88. The highest BCUT2D eigenvalue weighted by molar-refractivity contribution is 6.27. The molecule has 0 aromatic rings. The van der Waals surface area contributed by atoms with Crippen molar-refractivity contribution in [1.29, 1.82) is 0 Å². The summed E-state index contributed by atoms with van der Waals surface area (Å²) < 4.78 is 14.6. The maximum Gasteiger partial charge on any atom is 0.269 e. The van der Waals surface area contributed by atoms with Crippen molar-refractivity contribution < 1.29 is 18.9 Å². The molecule has 0 aliphatic rings. The average molecular weight is 166 g/mol. The Balaban J connectivity index is 3.09. The minimum absolute atomic E-state index is 0.202. The van der Waals surface area contributed by atoms with Crippen molar-refractivity contribution >= 4 is 9.76 Å². The predicted octanol–water partition coefficient (Wildman–Crippen LogP) is -0.385. The summed E-state index contributed by atoms with van der Waals surface area (Å²) in [4.78, 5) is 4.67. The molecule has 0 aromatic heterocycles. The van der Waals surface area contributed by atoms with Crippen LogP contribution in [0.4, 0.5) is 0 Å². The zero-order chi connectivity index (χ0) is 7.82. The Kier molecular flexibility index (Phi) is 7.21. The van der Waals surface area contributed by atoms with Gasteiger partial charge in [0.25, 0.3) is 9.76 Å². The molecule has 10 heavy (non-hydrogen) atoms. The zero-order valence-electron chi connectivity index (χ0n) is 6.62. The molecule has 0 bridgehead atoms. The zero-order valence-corrected chi connectivity index (χ0v) is 8.04. The minimum atomic E-state index is -0.852. The standard InChI is InChI=1S/C5H14O4Si/c1-4-8-9-10-5(6-2)7-3/h5H,4,10H2,1-3H3. The van der Waals surface area contributed by atoms with Gasteiger partial charge < -0.3 is 9.47 Å². The van der Waals surface area contributed by atoms with Gasteiger partial charge in [-0.15, -0.1) is 0 Å². The van der Waals surface area contributed by atoms with Crippen molar-refractivity contribution in [2.24, 2.45) is 0 Å². The second kappa shape index (κ2) is 7.17. The van der Waals surface area contributed by atoms with Crippen LogP contribution in [0, 0.1) is 0 Å². The van der Waals surface area contributed by atoms with Gasteiger partial charge in [-0.3, -0.25) is 4.58 Å². The van der Waals surface area contributed by atoms with Crippen LogP contribution in [0.2, 0.25) is 0 Å². The third kappa shape index (κ3) is 4.89. The summed E-state index contributed by atoms with van der Waals surface area (Å²) in [5.74, 6) is -0.202. The van der Waals surface area contributed by atoms with E-state index < -0.39 is 9.76 Å². The first kappa shape index (κ1) is 10.1. The molecule has 0 spiro atoms. The van der Waals surface area contributed by atoms with E-state index in [0.29, 0.717) is 6.61 Å². The molecule has 4 nitrogen and oxygen atoms in total. The van der Waals surface area contributed by atoms with Gasteiger partial charge in [-0.2, -0.15) is 0 Å². The lowest BCUT2D eigenvalue weighted by molar-refractivity contribution is -0.214. The molecule has 0 fully saturated rings. The molecule has 0 heterocycles. The first-order chi connectivity index (χ1) is 4.85. The third-order valence-electron chi connectivity index (χ3n) is 0.931. The fourth-order valence-corrected chi connectivity index (χ4v) is 1.07. The second-order valence-electron chi connectivity index (χ2n) is 1.59. The maximum absolute atomic E-state index is 4.88. The Morgan fingerprint density at radius 1 is 1.30 bits per heavy atom. The molecule has 62 valence electrons. The molecular weight excluding hydrogens is 152 g/mol. The molecule has 0 aliphatic heterocycles. The fraction of sp³-hybridized carbons (Fsp3) is 1.00. The first-order valence-electron chi connectivity index (χ1n) is 3.15. The molecule has 0 rings (SSSR count). The summed E-state index contributed by atoms with van der Waals surface area (Å²) in [6.07, 6.45) is 0. The van der Waals surface area contributed by atoms with E-state index in [9.17, 15) is 0 Å². The van der Waals surface area contributed by atoms with Gasteiger partial charge in [0, 0.05) is 14.2 Å². The van der Waals surface area contributed by atoms with E-state index in [4.69, 9.17) is 14.1 Å². The molecule has 0 saturated heterocycles. The highest BCUT2D eigenvalue weighted by Crippen LogP contribution is 1.88. The van der Waals surface area contributed by atoms with Crippen molar-refractivity contribution in [3.63, 3.8) is 0 Å². The summed E-state index contributed by atoms with van der Waals surface area (Å²) in [5.41, 5.74) is 0. The van der Waals surface area contributed by atoms with Crippen LogP contribution >= 0.6 is 0 Å². The molecule has 0 aliphatic carbocycles. The van der Waals surface area contributed by atoms with E-state index in [-0.39, 0.29) is 5.91 Å². The lowest BCUT2D eigenvalue weighted by Gasteiger charge is -2.10. The number of rotatable bonds is 6. The first-order valence-corrected chi connectivity index (χ1v) is 4.54. The number of hydrogen-bond acceptors (Lipinski definition) is 4. The molecule has 0 aromatic carbocycles. The normalized spacial score (nSPS) is 12.0. The Morgan fingerprint density at radius 3 is 2.30 bits per heavy atom. The van der Waals surface area contributed by atoms with E-state index in [2.05, 4.69) is 4.89 Å². The second-order valence-corrected chi connectivity index (χ2v) is 2.83. The van der Waals surface area contributed by atoms with Crippen molar-refractivity contribution in [2.75, 3.05) is 20.8 Å². The van der Waals surface area contributed by atoms with Crippen molar-refractivity contribution in [3.05, 3.63) is 0 Å². The molecule has 0 radical (unpaired) electrons. The van der Waals surface area contributed by atoms with E-state index in [0.717, 1.165) is 0 Å². The molecule has 5 heteroatoms. The van der Waals surface area contributed by atoms with Crippen LogP contribution in [0.25, 0.3) is 0 Å². The van der Waals surface area contributed by atoms with Crippen LogP contribution in [-0.2, 0) is 18.9 Å². The Labute approximate surface area is 63.3 Å². The summed E-state index contributed by atoms with van der Waals surface area (Å²) in [5, 5.41) is 0. The lowest BCUT2D eigenvalue weighted by Crippen LogP contribution is -2.23. The summed E-state index contributed by atoms with van der Waals surface area (Å²) >= 11 is 0. The minimum Gasteiger partial charge on any atom is -0.357 e. The Hall–Kier alpha value is 0.0569. The van der Waals surface area contributed by atoms with Crippen LogP contribution in [-0.4, -0.2) is 36.5 Å². The smallest absolute Gasteiger partial charge is 0.269 e. The van der Waals surface area contributed by atoms with E-state index in [1.165, 1.54) is 0 Å². The fourth-order valence-electron chi connectivity index (χ4n) is 0.419. The quantitative estimate of drug-likeness (QED) is 0.177. The van der Waals surface area contributed by atoms with E-state index >= 15 is 0 Å². The van der Waals surface area contributed by atoms with Crippen molar-refractivity contribution in [2.45, 2.75) is 12.8 Å². The van der Waals surface area contributed by atoms with E-state index in [1.54, 1.807) is 14.2 Å². The van der Waals surface area contributed by atoms with Crippen molar-refractivity contribution in [3.8, 4) is 0 Å². The topological polar surface area (TPSA) is 36.9 Å². The van der Waals surface area contributed by atoms with Crippen LogP contribution in [0.1, 0.15) is 6.92 Å². The molecular formula is C5H14O4Si. The van der Waals surface area contributed by atoms with Crippen LogP contribution in [0.3, 0.4) is 0 Å². The highest BCUT2D eigenvalue weighted by atomic mass is 28.2. The van der Waals surface area contributed by atoms with Gasteiger partial charge >= 0.3 is 0 Å². The van der Waals surface area contributed by atoms with Gasteiger partial charge in [0.2, 0.25) is 0 Å². The molecule has 0 amide bonds. The van der Waals surface area contributed by atoms with Gasteiger partial charge in [-0.25, -0.2) is 4.89 Å². The lowest BCUT2D eigenvalue weighted by atomic mass is 10.9. The van der Waals surface area contributed by atoms with Crippen LogP contribution < -0.4 is 0 Å². The average Bonchev–Trinajstić information content (AvgIpc) is 1.99. The number of methoxy groups -OCH3 is 2.